The maximum absolute atomic E-state index is 11.9. The van der Waals surface area contributed by atoms with Crippen molar-refractivity contribution in [2.24, 2.45) is 17.8 Å². The zero-order valence-corrected chi connectivity index (χ0v) is 9.20. The van der Waals surface area contributed by atoms with Gasteiger partial charge in [0.25, 0.3) is 0 Å². The Morgan fingerprint density at radius 3 is 2.27 bits per heavy atom. The average Bonchev–Trinajstić information content (AvgIpc) is 2.65. The van der Waals surface area contributed by atoms with E-state index in [1.165, 1.54) is 0 Å². The zero-order chi connectivity index (χ0) is 10.8. The molecule has 0 aromatic carbocycles. The molecule has 2 aliphatic rings. The molecule has 0 amide bonds. The van der Waals surface area contributed by atoms with Crippen LogP contribution in [0.2, 0.25) is 0 Å². The van der Waals surface area contributed by atoms with Crippen LogP contribution in [0, 0.1) is 17.8 Å². The number of ketones is 2. The first-order valence-corrected chi connectivity index (χ1v) is 5.85. The molecule has 0 N–H and O–H groups in total. The predicted octanol–water partition coefficient (Wildman–Crippen LogP) is 1.60. The Morgan fingerprint density at radius 1 is 1.13 bits per heavy atom. The maximum atomic E-state index is 11.9. The summed E-state index contributed by atoms with van der Waals surface area (Å²) in [6, 6.07) is 0. The molecule has 0 spiro atoms. The SMILES string of the molecule is CC(C(=O)C1CCC1)C(=O)C1CCOC1. The topological polar surface area (TPSA) is 43.4 Å². The summed E-state index contributed by atoms with van der Waals surface area (Å²) in [7, 11) is 0. The van der Waals surface area contributed by atoms with E-state index in [2.05, 4.69) is 0 Å². The molecule has 3 nitrogen and oxygen atoms in total. The lowest BCUT2D eigenvalue weighted by Gasteiger charge is -2.26. The summed E-state index contributed by atoms with van der Waals surface area (Å²) in [5.74, 6) is 0.0137. The van der Waals surface area contributed by atoms with Crippen molar-refractivity contribution in [2.45, 2.75) is 32.6 Å². The summed E-state index contributed by atoms with van der Waals surface area (Å²) >= 11 is 0. The molecule has 1 aliphatic carbocycles. The number of Topliss-reactive ketones (excluding diaryl/α,β-unsaturated/α-hetero) is 2. The summed E-state index contributed by atoms with van der Waals surface area (Å²) in [5, 5.41) is 0. The van der Waals surface area contributed by atoms with Crippen LogP contribution in [0.4, 0.5) is 0 Å². The molecule has 0 aromatic heterocycles. The fraction of sp³-hybridized carbons (Fsp3) is 0.833. The van der Waals surface area contributed by atoms with Crippen molar-refractivity contribution >= 4 is 11.6 Å². The molecule has 15 heavy (non-hydrogen) atoms. The van der Waals surface area contributed by atoms with E-state index in [4.69, 9.17) is 4.74 Å². The highest BCUT2D eigenvalue weighted by atomic mass is 16.5. The molecule has 1 saturated carbocycles. The van der Waals surface area contributed by atoms with Gasteiger partial charge in [-0.3, -0.25) is 9.59 Å². The van der Waals surface area contributed by atoms with E-state index in [0.717, 1.165) is 25.7 Å². The molecule has 0 bridgehead atoms. The molecule has 2 fully saturated rings. The van der Waals surface area contributed by atoms with E-state index in [0.29, 0.717) is 13.2 Å². The number of carbonyl (C=O) groups is 2. The predicted molar refractivity (Wildman–Crippen MR) is 55.4 cm³/mol. The Hall–Kier alpha value is -0.700. The van der Waals surface area contributed by atoms with E-state index in [1.54, 1.807) is 6.92 Å². The van der Waals surface area contributed by atoms with Crippen molar-refractivity contribution in [2.75, 3.05) is 13.2 Å². The van der Waals surface area contributed by atoms with Crippen LogP contribution >= 0.6 is 0 Å². The van der Waals surface area contributed by atoms with Crippen molar-refractivity contribution in [3.63, 3.8) is 0 Å². The molecule has 84 valence electrons. The molecule has 0 radical (unpaired) electrons. The van der Waals surface area contributed by atoms with Gasteiger partial charge in [-0.15, -0.1) is 0 Å². The monoisotopic (exact) mass is 210 g/mol. The number of hydrogen-bond donors (Lipinski definition) is 0. The van der Waals surface area contributed by atoms with Crippen molar-refractivity contribution in [3.05, 3.63) is 0 Å². The lowest BCUT2D eigenvalue weighted by atomic mass is 9.76. The van der Waals surface area contributed by atoms with Crippen molar-refractivity contribution in [3.8, 4) is 0 Å². The van der Waals surface area contributed by atoms with E-state index in [-0.39, 0.29) is 23.4 Å². The third-order valence-corrected chi connectivity index (χ3v) is 3.69. The summed E-state index contributed by atoms with van der Waals surface area (Å²) < 4.78 is 5.18. The second-order valence-electron chi connectivity index (χ2n) is 4.71. The van der Waals surface area contributed by atoms with Gasteiger partial charge in [0.1, 0.15) is 11.6 Å². The number of rotatable bonds is 4. The summed E-state index contributed by atoms with van der Waals surface area (Å²) in [4.78, 5) is 23.8. The van der Waals surface area contributed by atoms with Crippen LogP contribution in [0.15, 0.2) is 0 Å². The minimum absolute atomic E-state index is 0.0240. The van der Waals surface area contributed by atoms with Crippen molar-refractivity contribution < 1.29 is 14.3 Å². The Balaban J connectivity index is 1.90. The highest BCUT2D eigenvalue weighted by Crippen LogP contribution is 2.31. The lowest BCUT2D eigenvalue weighted by Crippen LogP contribution is -2.34. The molecule has 2 atom stereocenters. The Kier molecular flexibility index (Phi) is 3.19. The molecule has 3 heteroatoms. The van der Waals surface area contributed by atoms with Gasteiger partial charge >= 0.3 is 0 Å². The van der Waals surface area contributed by atoms with Crippen LogP contribution in [-0.4, -0.2) is 24.8 Å². The van der Waals surface area contributed by atoms with Crippen LogP contribution in [0.3, 0.4) is 0 Å². The third kappa shape index (κ3) is 2.12. The first kappa shape index (κ1) is 10.8. The van der Waals surface area contributed by atoms with E-state index in [9.17, 15) is 9.59 Å². The van der Waals surface area contributed by atoms with Crippen LogP contribution in [-0.2, 0) is 14.3 Å². The summed E-state index contributed by atoms with van der Waals surface area (Å²) in [6.45, 7) is 2.95. The molecule has 0 aromatic rings. The zero-order valence-electron chi connectivity index (χ0n) is 9.20. The van der Waals surface area contributed by atoms with Gasteiger partial charge in [-0.2, -0.15) is 0 Å². The summed E-state index contributed by atoms with van der Waals surface area (Å²) in [5.41, 5.74) is 0. The van der Waals surface area contributed by atoms with Gasteiger partial charge < -0.3 is 4.74 Å². The molecule has 1 saturated heterocycles. The van der Waals surface area contributed by atoms with Crippen molar-refractivity contribution in [1.82, 2.24) is 0 Å². The van der Waals surface area contributed by atoms with E-state index < -0.39 is 5.92 Å². The Bertz CT molecular complexity index is 262. The first-order chi connectivity index (χ1) is 7.20. The number of carbonyl (C=O) groups excluding carboxylic acids is 2. The maximum Gasteiger partial charge on any atom is 0.148 e. The smallest absolute Gasteiger partial charge is 0.148 e. The molecule has 2 rings (SSSR count). The van der Waals surface area contributed by atoms with Crippen molar-refractivity contribution in [1.29, 1.82) is 0 Å². The largest absolute Gasteiger partial charge is 0.381 e. The quantitative estimate of drug-likeness (QED) is 0.662. The molecular formula is C12H18O3. The second kappa shape index (κ2) is 4.44. The van der Waals surface area contributed by atoms with Crippen LogP contribution < -0.4 is 0 Å². The highest BCUT2D eigenvalue weighted by molar-refractivity contribution is 6.04. The van der Waals surface area contributed by atoms with Gasteiger partial charge in [-0.1, -0.05) is 6.42 Å². The van der Waals surface area contributed by atoms with Crippen LogP contribution in [0.25, 0.3) is 0 Å². The highest BCUT2D eigenvalue weighted by Gasteiger charge is 2.36. The van der Waals surface area contributed by atoms with Gasteiger partial charge in [-0.05, 0) is 26.2 Å². The normalized spacial score (nSPS) is 28.5. The third-order valence-electron chi connectivity index (χ3n) is 3.69. The standard InChI is InChI=1S/C12H18O3/c1-8(11(13)9-3-2-4-9)12(14)10-5-6-15-7-10/h8-10H,2-7H2,1H3. The Morgan fingerprint density at radius 2 is 1.80 bits per heavy atom. The fourth-order valence-corrected chi connectivity index (χ4v) is 2.30. The Labute approximate surface area is 90.2 Å². The molecule has 1 aliphatic heterocycles. The van der Waals surface area contributed by atoms with Gasteiger partial charge in [0, 0.05) is 18.4 Å². The lowest BCUT2D eigenvalue weighted by molar-refractivity contribution is -0.138. The molecule has 1 heterocycles. The van der Waals surface area contributed by atoms with Gasteiger partial charge in [0.05, 0.1) is 12.5 Å². The first-order valence-electron chi connectivity index (χ1n) is 5.85. The minimum atomic E-state index is -0.401. The van der Waals surface area contributed by atoms with Crippen LogP contribution in [0.5, 0.6) is 0 Å². The van der Waals surface area contributed by atoms with Gasteiger partial charge in [0.15, 0.2) is 0 Å². The number of ether oxygens (including phenoxy) is 1. The number of hydrogen-bond acceptors (Lipinski definition) is 3. The second-order valence-corrected chi connectivity index (χ2v) is 4.71. The van der Waals surface area contributed by atoms with Gasteiger partial charge in [0.2, 0.25) is 0 Å². The van der Waals surface area contributed by atoms with E-state index >= 15 is 0 Å². The molecular weight excluding hydrogens is 192 g/mol. The average molecular weight is 210 g/mol. The van der Waals surface area contributed by atoms with E-state index in [1.807, 2.05) is 0 Å². The minimum Gasteiger partial charge on any atom is -0.381 e. The fourth-order valence-electron chi connectivity index (χ4n) is 2.30. The van der Waals surface area contributed by atoms with Gasteiger partial charge in [-0.25, -0.2) is 0 Å². The molecule has 2 unspecified atom stereocenters. The van der Waals surface area contributed by atoms with Crippen LogP contribution in [0.1, 0.15) is 32.6 Å². The summed E-state index contributed by atoms with van der Waals surface area (Å²) in [6.07, 6.45) is 3.90.